The van der Waals surface area contributed by atoms with Crippen molar-refractivity contribution in [3.05, 3.63) is 21.4 Å². The Morgan fingerprint density at radius 1 is 1.54 bits per heavy atom. The summed E-state index contributed by atoms with van der Waals surface area (Å²) in [5, 5.41) is 10.0. The summed E-state index contributed by atoms with van der Waals surface area (Å²) in [6.07, 6.45) is 0.982. The van der Waals surface area contributed by atoms with Crippen LogP contribution in [0.3, 0.4) is 0 Å². The van der Waals surface area contributed by atoms with Crippen LogP contribution in [0.1, 0.15) is 34.8 Å². The van der Waals surface area contributed by atoms with E-state index in [-0.39, 0.29) is 6.10 Å². The third kappa shape index (κ3) is 1.65. The Bertz CT molecular complexity index is 316. The molecule has 1 nitrogen and oxygen atoms in total. The molecule has 13 heavy (non-hydrogen) atoms. The summed E-state index contributed by atoms with van der Waals surface area (Å²) >= 11 is 1.78. The highest BCUT2D eigenvalue weighted by Crippen LogP contribution is 2.48. The van der Waals surface area contributed by atoms with Gasteiger partial charge in [-0.3, -0.25) is 0 Å². The van der Waals surface area contributed by atoms with Crippen LogP contribution in [0.4, 0.5) is 0 Å². The van der Waals surface area contributed by atoms with E-state index in [9.17, 15) is 5.11 Å². The second kappa shape index (κ2) is 3.10. The first kappa shape index (κ1) is 9.22. The lowest BCUT2D eigenvalue weighted by atomic mass is 10.1. The maximum Gasteiger partial charge on any atom is 0.0831 e. The van der Waals surface area contributed by atoms with Gasteiger partial charge >= 0.3 is 0 Å². The minimum atomic E-state index is -0.208. The van der Waals surface area contributed by atoms with Crippen LogP contribution >= 0.6 is 11.3 Å². The maximum atomic E-state index is 10.0. The molecule has 72 valence electrons. The van der Waals surface area contributed by atoms with Crippen LogP contribution in [-0.2, 0) is 0 Å². The molecule has 1 aromatic heterocycles. The predicted molar refractivity (Wildman–Crippen MR) is 56.0 cm³/mol. The Labute approximate surface area is 83.4 Å². The van der Waals surface area contributed by atoms with E-state index in [0.717, 1.165) is 11.5 Å². The van der Waals surface area contributed by atoms with E-state index in [1.165, 1.54) is 16.2 Å². The van der Waals surface area contributed by atoms with Gasteiger partial charge in [0, 0.05) is 9.75 Å². The van der Waals surface area contributed by atoms with Crippen LogP contribution < -0.4 is 0 Å². The Hall–Kier alpha value is -0.340. The highest BCUT2D eigenvalue weighted by Gasteiger charge is 2.40. The van der Waals surface area contributed by atoms with Gasteiger partial charge in [0.25, 0.3) is 0 Å². The number of aliphatic hydroxyl groups is 1. The van der Waals surface area contributed by atoms with Crippen LogP contribution in [0.5, 0.6) is 0 Å². The average molecular weight is 196 g/mol. The monoisotopic (exact) mass is 196 g/mol. The largest absolute Gasteiger partial charge is 0.388 e. The van der Waals surface area contributed by atoms with Gasteiger partial charge in [0.15, 0.2) is 0 Å². The molecular formula is C11H16OS. The first-order chi connectivity index (χ1) is 6.09. The van der Waals surface area contributed by atoms with E-state index in [1.54, 1.807) is 11.3 Å². The highest BCUT2D eigenvalue weighted by molar-refractivity contribution is 7.12. The van der Waals surface area contributed by atoms with Crippen molar-refractivity contribution in [1.29, 1.82) is 0 Å². The van der Waals surface area contributed by atoms with E-state index in [1.807, 2.05) is 0 Å². The molecule has 0 aromatic carbocycles. The van der Waals surface area contributed by atoms with Crippen molar-refractivity contribution in [3.8, 4) is 0 Å². The second-order valence-corrected chi connectivity index (χ2v) is 5.65. The van der Waals surface area contributed by atoms with Crippen LogP contribution in [0.15, 0.2) is 6.07 Å². The standard InChI is InChI=1S/C11H16OS/c1-6-4-9(6)11(12)10-5-7(2)13-8(10)3/h5-6,9,11-12H,4H2,1-3H3. The number of rotatable bonds is 2. The molecule has 2 rings (SSSR count). The molecule has 1 saturated carbocycles. The Balaban J connectivity index is 2.19. The molecule has 3 unspecified atom stereocenters. The molecule has 0 saturated heterocycles. The van der Waals surface area contributed by atoms with Gasteiger partial charge in [0.05, 0.1) is 6.10 Å². The Kier molecular flexibility index (Phi) is 2.20. The molecule has 0 radical (unpaired) electrons. The molecule has 1 aliphatic carbocycles. The lowest BCUT2D eigenvalue weighted by molar-refractivity contribution is 0.148. The highest BCUT2D eigenvalue weighted by atomic mass is 32.1. The fourth-order valence-corrected chi connectivity index (χ4v) is 2.93. The minimum Gasteiger partial charge on any atom is -0.388 e. The maximum absolute atomic E-state index is 10.0. The van der Waals surface area contributed by atoms with Gasteiger partial charge in [-0.2, -0.15) is 0 Å². The van der Waals surface area contributed by atoms with Crippen molar-refractivity contribution in [2.75, 3.05) is 0 Å². The van der Waals surface area contributed by atoms with Crippen LogP contribution in [0.25, 0.3) is 0 Å². The van der Waals surface area contributed by atoms with E-state index in [4.69, 9.17) is 0 Å². The number of aryl methyl sites for hydroxylation is 2. The van der Waals surface area contributed by atoms with Gasteiger partial charge in [-0.25, -0.2) is 0 Å². The van der Waals surface area contributed by atoms with Crippen molar-refractivity contribution in [2.24, 2.45) is 11.8 Å². The molecule has 0 bridgehead atoms. The summed E-state index contributed by atoms with van der Waals surface area (Å²) < 4.78 is 0. The van der Waals surface area contributed by atoms with Crippen LogP contribution in [0.2, 0.25) is 0 Å². The summed E-state index contributed by atoms with van der Waals surface area (Å²) in [6.45, 7) is 6.41. The number of hydrogen-bond donors (Lipinski definition) is 1. The zero-order chi connectivity index (χ0) is 9.59. The summed E-state index contributed by atoms with van der Waals surface area (Å²) in [5.41, 5.74) is 1.16. The molecule has 1 aliphatic rings. The van der Waals surface area contributed by atoms with E-state index < -0.39 is 0 Å². The van der Waals surface area contributed by atoms with Gasteiger partial charge in [0.2, 0.25) is 0 Å². The van der Waals surface area contributed by atoms with E-state index in [0.29, 0.717) is 5.92 Å². The molecular weight excluding hydrogens is 180 g/mol. The fraction of sp³-hybridized carbons (Fsp3) is 0.636. The molecule has 2 heteroatoms. The molecule has 0 aliphatic heterocycles. The second-order valence-electron chi connectivity index (χ2n) is 4.19. The lowest BCUT2D eigenvalue weighted by Gasteiger charge is -2.08. The van der Waals surface area contributed by atoms with E-state index in [2.05, 4.69) is 26.8 Å². The predicted octanol–water partition coefficient (Wildman–Crippen LogP) is 3.05. The van der Waals surface area contributed by atoms with Crippen molar-refractivity contribution in [3.63, 3.8) is 0 Å². The summed E-state index contributed by atoms with van der Waals surface area (Å²) in [5.74, 6) is 1.24. The molecule has 0 amide bonds. The topological polar surface area (TPSA) is 20.2 Å². The third-order valence-electron chi connectivity index (χ3n) is 2.98. The van der Waals surface area contributed by atoms with Gasteiger partial charge in [0.1, 0.15) is 0 Å². The zero-order valence-electron chi connectivity index (χ0n) is 8.37. The Morgan fingerprint density at radius 3 is 2.54 bits per heavy atom. The number of aliphatic hydroxyl groups excluding tert-OH is 1. The van der Waals surface area contributed by atoms with Crippen molar-refractivity contribution in [1.82, 2.24) is 0 Å². The van der Waals surface area contributed by atoms with E-state index >= 15 is 0 Å². The number of thiophene rings is 1. The summed E-state index contributed by atoms with van der Waals surface area (Å²) in [6, 6.07) is 2.13. The molecule has 0 spiro atoms. The fourth-order valence-electron chi connectivity index (χ4n) is 1.97. The lowest BCUT2D eigenvalue weighted by Crippen LogP contribution is -2.00. The van der Waals surface area contributed by atoms with Crippen LogP contribution in [-0.4, -0.2) is 5.11 Å². The van der Waals surface area contributed by atoms with Crippen molar-refractivity contribution < 1.29 is 5.11 Å². The minimum absolute atomic E-state index is 0.208. The van der Waals surface area contributed by atoms with Crippen LogP contribution in [0, 0.1) is 25.7 Å². The molecule has 3 atom stereocenters. The zero-order valence-corrected chi connectivity index (χ0v) is 9.19. The third-order valence-corrected chi connectivity index (χ3v) is 3.96. The molecule has 1 aromatic rings. The van der Waals surface area contributed by atoms with Crippen molar-refractivity contribution in [2.45, 2.75) is 33.3 Å². The van der Waals surface area contributed by atoms with Crippen molar-refractivity contribution >= 4 is 11.3 Å². The van der Waals surface area contributed by atoms with Gasteiger partial charge in [-0.05, 0) is 43.7 Å². The number of hydrogen-bond acceptors (Lipinski definition) is 2. The molecule has 1 N–H and O–H groups in total. The van der Waals surface area contributed by atoms with Gasteiger partial charge < -0.3 is 5.11 Å². The quantitative estimate of drug-likeness (QED) is 0.770. The normalized spacial score (nSPS) is 28.9. The van der Waals surface area contributed by atoms with Gasteiger partial charge in [-0.1, -0.05) is 6.92 Å². The average Bonchev–Trinajstić information content (AvgIpc) is 2.67. The van der Waals surface area contributed by atoms with Gasteiger partial charge in [-0.15, -0.1) is 11.3 Å². The smallest absolute Gasteiger partial charge is 0.0831 e. The Morgan fingerprint density at radius 2 is 2.15 bits per heavy atom. The summed E-state index contributed by atoms with van der Waals surface area (Å²) in [4.78, 5) is 2.59. The molecule has 1 heterocycles. The first-order valence-electron chi connectivity index (χ1n) is 4.84. The first-order valence-corrected chi connectivity index (χ1v) is 5.66. The molecule has 1 fully saturated rings. The summed E-state index contributed by atoms with van der Waals surface area (Å²) in [7, 11) is 0. The SMILES string of the molecule is Cc1cc(C(O)C2CC2C)c(C)s1.